The molecule has 0 amide bonds. The standard InChI is InChI=1S/C3H5O4P/c4-8(5)7-2-3-1-6-3/h3H,1-2H2/p+1. The van der Waals surface area contributed by atoms with E-state index < -0.39 is 8.25 Å². The maximum atomic E-state index is 9.80. The second-order valence-corrected chi connectivity index (χ2v) is 2.22. The molecule has 0 aliphatic carbocycles. The zero-order valence-corrected chi connectivity index (χ0v) is 5.01. The first-order chi connectivity index (χ1) is 3.79. The van der Waals surface area contributed by atoms with Crippen LogP contribution in [0.15, 0.2) is 0 Å². The third kappa shape index (κ3) is 2.33. The second-order valence-electron chi connectivity index (χ2n) is 1.49. The van der Waals surface area contributed by atoms with Gasteiger partial charge in [0, 0.05) is 4.57 Å². The van der Waals surface area contributed by atoms with Crippen LogP contribution in [0, 0.1) is 0 Å². The topological polar surface area (TPSA) is 59.1 Å². The van der Waals surface area contributed by atoms with Gasteiger partial charge in [0.15, 0.2) is 0 Å². The molecule has 0 bridgehead atoms. The minimum absolute atomic E-state index is 0.0705. The molecule has 1 aliphatic heterocycles. The number of hydrogen-bond acceptors (Lipinski definition) is 3. The highest BCUT2D eigenvalue weighted by Crippen LogP contribution is 2.18. The normalized spacial score (nSPS) is 27.6. The van der Waals surface area contributed by atoms with Crippen LogP contribution in [0.1, 0.15) is 0 Å². The van der Waals surface area contributed by atoms with E-state index >= 15 is 0 Å². The van der Waals surface area contributed by atoms with Crippen LogP contribution in [0.2, 0.25) is 0 Å². The third-order valence-corrected chi connectivity index (χ3v) is 1.14. The Kier molecular flexibility index (Phi) is 1.91. The van der Waals surface area contributed by atoms with Gasteiger partial charge >= 0.3 is 8.25 Å². The summed E-state index contributed by atoms with van der Waals surface area (Å²) < 4.78 is 18.8. The van der Waals surface area contributed by atoms with Crippen LogP contribution in [0.5, 0.6) is 0 Å². The molecule has 1 heterocycles. The van der Waals surface area contributed by atoms with Crippen molar-refractivity contribution in [2.75, 3.05) is 13.2 Å². The van der Waals surface area contributed by atoms with Crippen molar-refractivity contribution in [3.8, 4) is 0 Å². The Morgan fingerprint density at radius 3 is 3.00 bits per heavy atom. The van der Waals surface area contributed by atoms with Crippen molar-refractivity contribution in [3.63, 3.8) is 0 Å². The van der Waals surface area contributed by atoms with Gasteiger partial charge in [-0.3, -0.25) is 0 Å². The lowest BCUT2D eigenvalue weighted by Crippen LogP contribution is -1.93. The Morgan fingerprint density at radius 2 is 2.62 bits per heavy atom. The zero-order valence-electron chi connectivity index (χ0n) is 4.11. The fourth-order valence-electron chi connectivity index (χ4n) is 0.311. The van der Waals surface area contributed by atoms with Crippen LogP contribution in [0.4, 0.5) is 0 Å². The number of rotatable bonds is 3. The highest BCUT2D eigenvalue weighted by molar-refractivity contribution is 7.32. The summed E-state index contributed by atoms with van der Waals surface area (Å²) in [4.78, 5) is 8.06. The molecule has 4 nitrogen and oxygen atoms in total. The molecule has 1 fully saturated rings. The van der Waals surface area contributed by atoms with E-state index in [4.69, 9.17) is 9.63 Å². The molecule has 2 unspecified atom stereocenters. The van der Waals surface area contributed by atoms with Gasteiger partial charge in [0.2, 0.25) is 0 Å². The minimum atomic E-state index is -2.42. The summed E-state index contributed by atoms with van der Waals surface area (Å²) in [6.07, 6.45) is 0.0705. The van der Waals surface area contributed by atoms with Gasteiger partial charge in [0.05, 0.1) is 6.61 Å². The van der Waals surface area contributed by atoms with Crippen molar-refractivity contribution >= 4 is 8.25 Å². The van der Waals surface area contributed by atoms with Crippen LogP contribution < -0.4 is 0 Å². The smallest absolute Gasteiger partial charge is 0.370 e. The van der Waals surface area contributed by atoms with Gasteiger partial charge in [0.1, 0.15) is 12.7 Å². The molecule has 8 heavy (non-hydrogen) atoms. The Balaban J connectivity index is 1.95. The molecule has 1 N–H and O–H groups in total. The molecule has 0 aromatic carbocycles. The average Bonchev–Trinajstić information content (AvgIpc) is 2.41. The lowest BCUT2D eigenvalue weighted by molar-refractivity contribution is 0.244. The minimum Gasteiger partial charge on any atom is -0.370 e. The van der Waals surface area contributed by atoms with Crippen LogP contribution in [-0.4, -0.2) is 24.2 Å². The molecule has 5 heteroatoms. The maximum absolute atomic E-state index is 9.80. The number of ether oxygens (including phenoxy) is 1. The van der Waals surface area contributed by atoms with E-state index in [1.165, 1.54) is 0 Å². The first kappa shape index (κ1) is 6.11. The first-order valence-corrected chi connectivity index (χ1v) is 3.32. The summed E-state index contributed by atoms with van der Waals surface area (Å²) in [5.41, 5.74) is 0. The van der Waals surface area contributed by atoms with Crippen LogP contribution in [0.25, 0.3) is 0 Å². The molecule has 1 aliphatic rings. The number of hydrogen-bond donors (Lipinski definition) is 1. The van der Waals surface area contributed by atoms with E-state index in [0.29, 0.717) is 6.61 Å². The van der Waals surface area contributed by atoms with E-state index in [0.717, 1.165) is 0 Å². The molecule has 1 rings (SSSR count). The van der Waals surface area contributed by atoms with Crippen molar-refractivity contribution < 1.29 is 18.7 Å². The fourth-order valence-corrected chi connectivity index (χ4v) is 0.605. The predicted octanol–water partition coefficient (Wildman–Crippen LogP) is 0.0515. The fraction of sp³-hybridized carbons (Fsp3) is 1.00. The van der Waals surface area contributed by atoms with E-state index in [2.05, 4.69) is 4.52 Å². The lowest BCUT2D eigenvalue weighted by Gasteiger charge is -1.77. The van der Waals surface area contributed by atoms with Crippen molar-refractivity contribution in [1.82, 2.24) is 0 Å². The van der Waals surface area contributed by atoms with Crippen LogP contribution in [-0.2, 0) is 13.8 Å². The quantitative estimate of drug-likeness (QED) is 0.441. The maximum Gasteiger partial charge on any atom is 0.694 e. The second kappa shape index (κ2) is 2.51. The summed E-state index contributed by atoms with van der Waals surface area (Å²) in [7, 11) is -2.42. The van der Waals surface area contributed by atoms with Crippen molar-refractivity contribution in [2.24, 2.45) is 0 Å². The molecule has 0 aromatic heterocycles. The van der Waals surface area contributed by atoms with Crippen LogP contribution >= 0.6 is 8.25 Å². The Labute approximate surface area is 47.4 Å². The third-order valence-electron chi connectivity index (χ3n) is 0.773. The monoisotopic (exact) mass is 137 g/mol. The molecule has 1 saturated heterocycles. The Hall–Kier alpha value is -0.0200. The lowest BCUT2D eigenvalue weighted by atomic mass is 10.5. The van der Waals surface area contributed by atoms with Gasteiger partial charge in [-0.25, -0.2) is 0 Å². The first-order valence-electron chi connectivity index (χ1n) is 2.19. The molecule has 46 valence electrons. The highest BCUT2D eigenvalue weighted by atomic mass is 31.1. The predicted molar refractivity (Wildman–Crippen MR) is 25.5 cm³/mol. The largest absolute Gasteiger partial charge is 0.694 e. The van der Waals surface area contributed by atoms with Gasteiger partial charge in [-0.15, -0.1) is 9.42 Å². The van der Waals surface area contributed by atoms with Gasteiger partial charge in [-0.2, -0.15) is 0 Å². The zero-order chi connectivity index (χ0) is 5.98. The molecule has 0 spiro atoms. The van der Waals surface area contributed by atoms with Crippen molar-refractivity contribution in [2.45, 2.75) is 6.10 Å². The molecular formula is C3H6O4P+. The van der Waals surface area contributed by atoms with E-state index in [-0.39, 0.29) is 12.7 Å². The van der Waals surface area contributed by atoms with Gasteiger partial charge < -0.3 is 4.74 Å². The van der Waals surface area contributed by atoms with Crippen molar-refractivity contribution in [1.29, 1.82) is 0 Å². The molecule has 0 saturated carbocycles. The van der Waals surface area contributed by atoms with E-state index in [9.17, 15) is 4.57 Å². The summed E-state index contributed by atoms with van der Waals surface area (Å²) >= 11 is 0. The van der Waals surface area contributed by atoms with Gasteiger partial charge in [-0.1, -0.05) is 0 Å². The highest BCUT2D eigenvalue weighted by Gasteiger charge is 2.27. The molecular weight excluding hydrogens is 131 g/mol. The Morgan fingerprint density at radius 1 is 2.00 bits per heavy atom. The number of epoxide rings is 1. The summed E-state index contributed by atoms with van der Waals surface area (Å²) in [6, 6.07) is 0. The van der Waals surface area contributed by atoms with Gasteiger partial charge in [-0.05, 0) is 0 Å². The van der Waals surface area contributed by atoms with E-state index in [1.54, 1.807) is 0 Å². The average molecular weight is 137 g/mol. The summed E-state index contributed by atoms with van der Waals surface area (Å²) in [5, 5.41) is 0. The van der Waals surface area contributed by atoms with Crippen molar-refractivity contribution in [3.05, 3.63) is 0 Å². The SMILES string of the molecule is O=[P+](O)OCC1CO1. The summed E-state index contributed by atoms with van der Waals surface area (Å²) in [6.45, 7) is 0.898. The summed E-state index contributed by atoms with van der Waals surface area (Å²) in [5.74, 6) is 0. The van der Waals surface area contributed by atoms with Crippen LogP contribution in [0.3, 0.4) is 0 Å². The Bertz CT molecular complexity index is 99.5. The van der Waals surface area contributed by atoms with Gasteiger partial charge in [0.25, 0.3) is 0 Å². The molecule has 2 atom stereocenters. The molecule has 0 aromatic rings. The molecule has 0 radical (unpaired) electrons. The van der Waals surface area contributed by atoms with E-state index in [1.807, 2.05) is 0 Å².